The molecule has 5 nitrogen and oxygen atoms in total. The lowest BCUT2D eigenvalue weighted by molar-refractivity contribution is -0.117. The molecule has 2 N–H and O–H groups in total. The highest BCUT2D eigenvalue weighted by molar-refractivity contribution is 5.89. The molecule has 76 valence electrons. The standard InChI is InChI=1S/C9H13N3O2/c1-6-2-9(14-12-6)11-8(13)3-7-4-10-5-7/h2,7,10H,3-5H2,1H3,(H,11,13). The van der Waals surface area contributed by atoms with Crippen molar-refractivity contribution in [3.8, 4) is 0 Å². The number of hydrogen-bond donors (Lipinski definition) is 2. The molecule has 1 saturated heterocycles. The van der Waals surface area contributed by atoms with Crippen LogP contribution in [0.2, 0.25) is 0 Å². The smallest absolute Gasteiger partial charge is 0.231 e. The lowest BCUT2D eigenvalue weighted by atomic mass is 9.99. The van der Waals surface area contributed by atoms with Crippen molar-refractivity contribution in [3.63, 3.8) is 0 Å². The van der Waals surface area contributed by atoms with Crippen molar-refractivity contribution in [2.45, 2.75) is 13.3 Å². The van der Waals surface area contributed by atoms with Crippen LogP contribution in [0.15, 0.2) is 10.6 Å². The zero-order valence-electron chi connectivity index (χ0n) is 8.04. The third kappa shape index (κ3) is 2.11. The summed E-state index contributed by atoms with van der Waals surface area (Å²) < 4.78 is 4.87. The monoisotopic (exact) mass is 195 g/mol. The predicted molar refractivity (Wildman–Crippen MR) is 50.8 cm³/mol. The normalized spacial score (nSPS) is 16.4. The van der Waals surface area contributed by atoms with Crippen LogP contribution in [0, 0.1) is 12.8 Å². The van der Waals surface area contributed by atoms with Gasteiger partial charge in [0.15, 0.2) is 0 Å². The van der Waals surface area contributed by atoms with Crippen molar-refractivity contribution < 1.29 is 9.32 Å². The first-order chi connectivity index (χ1) is 6.74. The zero-order chi connectivity index (χ0) is 9.97. The number of rotatable bonds is 3. The summed E-state index contributed by atoms with van der Waals surface area (Å²) in [7, 11) is 0. The van der Waals surface area contributed by atoms with Gasteiger partial charge in [0.1, 0.15) is 0 Å². The molecule has 0 unspecified atom stereocenters. The number of carbonyl (C=O) groups is 1. The second-order valence-electron chi connectivity index (χ2n) is 3.61. The average molecular weight is 195 g/mol. The maximum Gasteiger partial charge on any atom is 0.231 e. The van der Waals surface area contributed by atoms with Gasteiger partial charge in [0.2, 0.25) is 11.8 Å². The lowest BCUT2D eigenvalue weighted by Gasteiger charge is -2.25. The summed E-state index contributed by atoms with van der Waals surface area (Å²) >= 11 is 0. The second kappa shape index (κ2) is 3.79. The van der Waals surface area contributed by atoms with Gasteiger partial charge in [-0.3, -0.25) is 10.1 Å². The molecule has 2 heterocycles. The highest BCUT2D eigenvalue weighted by Gasteiger charge is 2.20. The van der Waals surface area contributed by atoms with E-state index in [1.54, 1.807) is 6.07 Å². The molecule has 0 radical (unpaired) electrons. The molecular formula is C9H13N3O2. The minimum Gasteiger partial charge on any atom is -0.338 e. The summed E-state index contributed by atoms with van der Waals surface area (Å²) in [6.45, 7) is 3.68. The number of amides is 1. The summed E-state index contributed by atoms with van der Waals surface area (Å²) in [5, 5.41) is 9.47. The number of nitrogens with zero attached hydrogens (tertiary/aromatic N) is 1. The van der Waals surface area contributed by atoms with Crippen molar-refractivity contribution >= 4 is 11.8 Å². The van der Waals surface area contributed by atoms with Crippen molar-refractivity contribution in [1.82, 2.24) is 10.5 Å². The van der Waals surface area contributed by atoms with E-state index < -0.39 is 0 Å². The minimum absolute atomic E-state index is 0.00681. The van der Waals surface area contributed by atoms with Crippen LogP contribution in [0.25, 0.3) is 0 Å². The van der Waals surface area contributed by atoms with Gasteiger partial charge in [-0.05, 0) is 25.9 Å². The highest BCUT2D eigenvalue weighted by Crippen LogP contribution is 2.12. The number of nitrogens with one attached hydrogen (secondary N) is 2. The summed E-state index contributed by atoms with van der Waals surface area (Å²) in [6, 6.07) is 1.71. The molecule has 1 aliphatic rings. The molecule has 1 amide bonds. The zero-order valence-corrected chi connectivity index (χ0v) is 8.04. The van der Waals surface area contributed by atoms with E-state index in [-0.39, 0.29) is 5.91 Å². The van der Waals surface area contributed by atoms with Crippen LogP contribution < -0.4 is 10.6 Å². The Morgan fingerprint density at radius 2 is 2.57 bits per heavy atom. The van der Waals surface area contributed by atoms with Crippen molar-refractivity contribution in [2.75, 3.05) is 18.4 Å². The fourth-order valence-corrected chi connectivity index (χ4v) is 1.37. The fourth-order valence-electron chi connectivity index (χ4n) is 1.37. The Labute approximate surface area is 81.8 Å². The van der Waals surface area contributed by atoms with Gasteiger partial charge >= 0.3 is 0 Å². The summed E-state index contributed by atoms with van der Waals surface area (Å²) in [4.78, 5) is 11.4. The van der Waals surface area contributed by atoms with E-state index in [0.717, 1.165) is 18.8 Å². The first-order valence-electron chi connectivity index (χ1n) is 4.68. The van der Waals surface area contributed by atoms with E-state index in [2.05, 4.69) is 15.8 Å². The Balaban J connectivity index is 1.81. The van der Waals surface area contributed by atoms with Crippen molar-refractivity contribution in [3.05, 3.63) is 11.8 Å². The van der Waals surface area contributed by atoms with Crippen LogP contribution in [0.4, 0.5) is 5.88 Å². The molecule has 1 aromatic heterocycles. The number of aromatic nitrogens is 1. The molecule has 0 spiro atoms. The Bertz CT molecular complexity index is 331. The third-order valence-electron chi connectivity index (χ3n) is 2.23. The van der Waals surface area contributed by atoms with E-state index in [1.165, 1.54) is 0 Å². The van der Waals surface area contributed by atoms with Crippen LogP contribution in [-0.2, 0) is 4.79 Å². The van der Waals surface area contributed by atoms with Gasteiger partial charge in [0.25, 0.3) is 0 Å². The van der Waals surface area contributed by atoms with Crippen LogP contribution >= 0.6 is 0 Å². The lowest BCUT2D eigenvalue weighted by Crippen LogP contribution is -2.43. The molecule has 1 aliphatic heterocycles. The van der Waals surface area contributed by atoms with Crippen LogP contribution in [0.5, 0.6) is 0 Å². The number of carbonyl (C=O) groups excluding carboxylic acids is 1. The molecule has 1 aromatic rings. The van der Waals surface area contributed by atoms with Crippen LogP contribution in [0.3, 0.4) is 0 Å². The van der Waals surface area contributed by atoms with Crippen molar-refractivity contribution in [2.24, 2.45) is 5.92 Å². The van der Waals surface area contributed by atoms with Crippen LogP contribution in [0.1, 0.15) is 12.1 Å². The molecule has 2 rings (SSSR count). The maximum atomic E-state index is 11.4. The van der Waals surface area contributed by atoms with Gasteiger partial charge in [-0.15, -0.1) is 0 Å². The summed E-state index contributed by atoms with van der Waals surface area (Å²) in [6.07, 6.45) is 0.548. The molecule has 0 bridgehead atoms. The molecule has 0 aromatic carbocycles. The minimum atomic E-state index is -0.00681. The van der Waals surface area contributed by atoms with Gasteiger partial charge < -0.3 is 9.84 Å². The maximum absolute atomic E-state index is 11.4. The Kier molecular flexibility index (Phi) is 2.49. The van der Waals surface area contributed by atoms with E-state index >= 15 is 0 Å². The van der Waals surface area contributed by atoms with E-state index in [1.807, 2.05) is 6.92 Å². The van der Waals surface area contributed by atoms with Gasteiger partial charge in [0, 0.05) is 12.5 Å². The molecular weight excluding hydrogens is 182 g/mol. The van der Waals surface area contributed by atoms with Gasteiger partial charge in [-0.1, -0.05) is 5.16 Å². The Hall–Kier alpha value is -1.36. The summed E-state index contributed by atoms with van der Waals surface area (Å²) in [5.41, 5.74) is 0.769. The number of hydrogen-bond acceptors (Lipinski definition) is 4. The van der Waals surface area contributed by atoms with Gasteiger partial charge in [-0.25, -0.2) is 0 Å². The predicted octanol–water partition coefficient (Wildman–Crippen LogP) is 0.531. The SMILES string of the molecule is Cc1cc(NC(=O)CC2CNC2)on1. The molecule has 0 saturated carbocycles. The highest BCUT2D eigenvalue weighted by atomic mass is 16.5. The number of aryl methyl sites for hydroxylation is 1. The first kappa shape index (κ1) is 9.21. The Morgan fingerprint density at radius 3 is 3.07 bits per heavy atom. The molecule has 14 heavy (non-hydrogen) atoms. The molecule has 1 fully saturated rings. The van der Waals surface area contributed by atoms with E-state index in [9.17, 15) is 4.79 Å². The molecule has 5 heteroatoms. The first-order valence-corrected chi connectivity index (χ1v) is 4.68. The fraction of sp³-hybridized carbons (Fsp3) is 0.556. The molecule has 0 atom stereocenters. The molecule has 0 aliphatic carbocycles. The quantitative estimate of drug-likeness (QED) is 0.738. The third-order valence-corrected chi connectivity index (χ3v) is 2.23. The summed E-state index contributed by atoms with van der Waals surface area (Å²) in [5.74, 6) is 0.895. The van der Waals surface area contributed by atoms with Crippen LogP contribution in [-0.4, -0.2) is 24.2 Å². The second-order valence-corrected chi connectivity index (χ2v) is 3.61. The van der Waals surface area contributed by atoms with Gasteiger partial charge in [0.05, 0.1) is 5.69 Å². The van der Waals surface area contributed by atoms with Gasteiger partial charge in [-0.2, -0.15) is 0 Å². The Morgan fingerprint density at radius 1 is 1.79 bits per heavy atom. The topological polar surface area (TPSA) is 67.2 Å². The average Bonchev–Trinajstić information content (AvgIpc) is 2.44. The van der Waals surface area contributed by atoms with Crippen molar-refractivity contribution in [1.29, 1.82) is 0 Å². The van der Waals surface area contributed by atoms with E-state index in [4.69, 9.17) is 4.52 Å². The largest absolute Gasteiger partial charge is 0.338 e. The van der Waals surface area contributed by atoms with E-state index in [0.29, 0.717) is 18.2 Å². The number of anilines is 1.